The second kappa shape index (κ2) is 4.35. The quantitative estimate of drug-likeness (QED) is 0.803. The van der Waals surface area contributed by atoms with Gasteiger partial charge in [0.1, 0.15) is 11.8 Å². The van der Waals surface area contributed by atoms with Gasteiger partial charge in [0.15, 0.2) is 5.82 Å². The average Bonchev–Trinajstić information content (AvgIpc) is 2.73. The fourth-order valence-corrected chi connectivity index (χ4v) is 1.07. The summed E-state index contributed by atoms with van der Waals surface area (Å²) in [4.78, 5) is 11.9. The predicted octanol–water partition coefficient (Wildman–Crippen LogP) is 0.652. The molecule has 0 aliphatic rings. The van der Waals surface area contributed by atoms with Crippen LogP contribution in [-0.4, -0.2) is 20.1 Å². The molecule has 0 unspecified atom stereocenters. The van der Waals surface area contributed by atoms with Crippen LogP contribution in [0.4, 0.5) is 5.95 Å². The number of nitrogens with one attached hydrogen (secondary N) is 1. The van der Waals surface area contributed by atoms with Gasteiger partial charge >= 0.3 is 0 Å². The Bertz CT molecular complexity index is 529. The maximum absolute atomic E-state index is 8.64. The second-order valence-electron chi connectivity index (χ2n) is 2.97. The number of aromatic nitrogens is 4. The first-order valence-corrected chi connectivity index (χ1v) is 4.54. The molecule has 0 radical (unpaired) electrons. The third-order valence-electron chi connectivity index (χ3n) is 1.74. The van der Waals surface area contributed by atoms with Gasteiger partial charge in [-0.05, 0) is 13.0 Å². The van der Waals surface area contributed by atoms with Gasteiger partial charge in [0.05, 0.1) is 6.54 Å². The average molecular weight is 216 g/mol. The summed E-state index contributed by atoms with van der Waals surface area (Å²) in [5.41, 5.74) is 0.305. The molecule has 0 bridgehead atoms. The van der Waals surface area contributed by atoms with Crippen LogP contribution in [0.2, 0.25) is 0 Å². The van der Waals surface area contributed by atoms with Crippen molar-refractivity contribution < 1.29 is 4.52 Å². The van der Waals surface area contributed by atoms with Crippen LogP contribution in [-0.2, 0) is 6.54 Å². The monoisotopic (exact) mass is 216 g/mol. The van der Waals surface area contributed by atoms with Crippen molar-refractivity contribution in [1.82, 2.24) is 20.1 Å². The minimum absolute atomic E-state index is 0.305. The van der Waals surface area contributed by atoms with Gasteiger partial charge in [-0.25, -0.2) is 9.97 Å². The van der Waals surface area contributed by atoms with Crippen molar-refractivity contribution in [1.29, 1.82) is 5.26 Å². The summed E-state index contributed by atoms with van der Waals surface area (Å²) in [5.74, 6) is 1.38. The minimum Gasteiger partial charge on any atom is -0.345 e. The molecule has 0 spiro atoms. The molecule has 7 nitrogen and oxygen atoms in total. The Labute approximate surface area is 91.2 Å². The summed E-state index contributed by atoms with van der Waals surface area (Å²) < 4.78 is 4.90. The fourth-order valence-electron chi connectivity index (χ4n) is 1.07. The molecular formula is C9H8N6O. The number of hydrogen-bond donors (Lipinski definition) is 1. The number of rotatable bonds is 3. The van der Waals surface area contributed by atoms with Gasteiger partial charge in [0, 0.05) is 6.20 Å². The molecule has 0 aliphatic carbocycles. The van der Waals surface area contributed by atoms with E-state index >= 15 is 0 Å². The lowest BCUT2D eigenvalue weighted by atomic mass is 10.4. The first-order chi connectivity index (χ1) is 7.78. The number of nitriles is 1. The molecule has 2 aromatic rings. The van der Waals surface area contributed by atoms with Crippen LogP contribution in [0.1, 0.15) is 17.4 Å². The molecule has 2 aromatic heterocycles. The van der Waals surface area contributed by atoms with E-state index in [1.54, 1.807) is 6.92 Å². The van der Waals surface area contributed by atoms with Gasteiger partial charge in [-0.15, -0.1) is 0 Å². The highest BCUT2D eigenvalue weighted by molar-refractivity contribution is 5.29. The Hall–Kier alpha value is -2.49. The highest BCUT2D eigenvalue weighted by Crippen LogP contribution is 2.02. The number of nitrogens with zero attached hydrogens (tertiary/aromatic N) is 5. The highest BCUT2D eigenvalue weighted by Gasteiger charge is 2.03. The molecule has 0 amide bonds. The summed E-state index contributed by atoms with van der Waals surface area (Å²) in [6.45, 7) is 2.07. The molecule has 0 atom stereocenters. The highest BCUT2D eigenvalue weighted by atomic mass is 16.5. The van der Waals surface area contributed by atoms with E-state index in [9.17, 15) is 0 Å². The fraction of sp³-hybridized carbons (Fsp3) is 0.222. The number of hydrogen-bond acceptors (Lipinski definition) is 7. The summed E-state index contributed by atoms with van der Waals surface area (Å²) in [6.07, 6.45) is 1.51. The Morgan fingerprint density at radius 3 is 3.06 bits per heavy atom. The largest absolute Gasteiger partial charge is 0.345 e. The Kier molecular flexibility index (Phi) is 2.73. The van der Waals surface area contributed by atoms with E-state index < -0.39 is 0 Å². The van der Waals surface area contributed by atoms with Crippen LogP contribution in [0.25, 0.3) is 0 Å². The molecule has 0 aliphatic heterocycles. The third-order valence-corrected chi connectivity index (χ3v) is 1.74. The molecular weight excluding hydrogens is 208 g/mol. The third kappa shape index (κ3) is 2.30. The lowest BCUT2D eigenvalue weighted by molar-refractivity contribution is 0.379. The Morgan fingerprint density at radius 1 is 1.50 bits per heavy atom. The molecule has 0 saturated heterocycles. The minimum atomic E-state index is 0.305. The van der Waals surface area contributed by atoms with Crippen LogP contribution in [0.3, 0.4) is 0 Å². The molecule has 2 rings (SSSR count). The van der Waals surface area contributed by atoms with Crippen LogP contribution >= 0.6 is 0 Å². The van der Waals surface area contributed by atoms with Crippen molar-refractivity contribution >= 4 is 5.95 Å². The van der Waals surface area contributed by atoms with Crippen LogP contribution in [0, 0.1) is 18.3 Å². The predicted molar refractivity (Wildman–Crippen MR) is 53.1 cm³/mol. The van der Waals surface area contributed by atoms with Crippen LogP contribution < -0.4 is 5.32 Å². The summed E-state index contributed by atoms with van der Waals surface area (Å²) in [6, 6.07) is 3.46. The zero-order chi connectivity index (χ0) is 11.4. The zero-order valence-corrected chi connectivity index (χ0v) is 8.51. The molecule has 80 valence electrons. The second-order valence-corrected chi connectivity index (χ2v) is 2.97. The number of anilines is 1. The lowest BCUT2D eigenvalue weighted by Gasteiger charge is -1.99. The van der Waals surface area contributed by atoms with Crippen molar-refractivity contribution in [3.8, 4) is 6.07 Å². The Balaban J connectivity index is 2.02. The van der Waals surface area contributed by atoms with Crippen molar-refractivity contribution in [2.45, 2.75) is 13.5 Å². The van der Waals surface area contributed by atoms with E-state index in [2.05, 4.69) is 25.4 Å². The lowest BCUT2D eigenvalue weighted by Crippen LogP contribution is -2.04. The maximum atomic E-state index is 8.64. The molecule has 0 aromatic carbocycles. The van der Waals surface area contributed by atoms with E-state index in [4.69, 9.17) is 9.78 Å². The van der Waals surface area contributed by atoms with Gasteiger partial charge in [0.25, 0.3) is 0 Å². The summed E-state index contributed by atoms with van der Waals surface area (Å²) >= 11 is 0. The van der Waals surface area contributed by atoms with Crippen molar-refractivity contribution in [3.63, 3.8) is 0 Å². The molecule has 7 heteroatoms. The molecule has 0 saturated carbocycles. The maximum Gasteiger partial charge on any atom is 0.246 e. The molecule has 16 heavy (non-hydrogen) atoms. The van der Waals surface area contributed by atoms with Crippen molar-refractivity contribution in [2.24, 2.45) is 0 Å². The summed E-state index contributed by atoms with van der Waals surface area (Å²) in [5, 5.41) is 15.2. The topological polar surface area (TPSA) is 101 Å². The van der Waals surface area contributed by atoms with Crippen molar-refractivity contribution in [2.75, 3.05) is 5.32 Å². The summed E-state index contributed by atoms with van der Waals surface area (Å²) in [7, 11) is 0. The smallest absolute Gasteiger partial charge is 0.246 e. The van der Waals surface area contributed by atoms with Gasteiger partial charge < -0.3 is 9.84 Å². The van der Waals surface area contributed by atoms with Crippen molar-refractivity contribution in [3.05, 3.63) is 29.7 Å². The molecule has 2 heterocycles. The molecule has 0 fully saturated rings. The van der Waals surface area contributed by atoms with Gasteiger partial charge in [-0.3, -0.25) is 0 Å². The first-order valence-electron chi connectivity index (χ1n) is 4.54. The normalized spacial score (nSPS) is 9.75. The SMILES string of the molecule is Cc1noc(CNc2nccc(C#N)n2)n1. The van der Waals surface area contributed by atoms with Gasteiger partial charge in [0.2, 0.25) is 11.8 Å². The van der Waals surface area contributed by atoms with E-state index in [1.807, 2.05) is 6.07 Å². The zero-order valence-electron chi connectivity index (χ0n) is 8.51. The van der Waals surface area contributed by atoms with Gasteiger partial charge in [-0.1, -0.05) is 5.16 Å². The standard InChI is InChI=1S/C9H8N6O/c1-6-13-8(16-15-6)5-12-9-11-3-2-7(4-10)14-9/h2-3H,5H2,1H3,(H,11,12,14). The van der Waals surface area contributed by atoms with E-state index in [1.165, 1.54) is 12.3 Å². The van der Waals surface area contributed by atoms with E-state index in [-0.39, 0.29) is 0 Å². The van der Waals surface area contributed by atoms with Crippen LogP contribution in [0.15, 0.2) is 16.8 Å². The first kappa shape index (κ1) is 10.0. The number of aryl methyl sites for hydroxylation is 1. The van der Waals surface area contributed by atoms with Gasteiger partial charge in [-0.2, -0.15) is 10.2 Å². The molecule has 1 N–H and O–H groups in total. The van der Waals surface area contributed by atoms with Crippen LogP contribution in [0.5, 0.6) is 0 Å². The Morgan fingerprint density at radius 2 is 2.38 bits per heavy atom. The van der Waals surface area contributed by atoms with E-state index in [0.717, 1.165) is 0 Å². The van der Waals surface area contributed by atoms with E-state index in [0.29, 0.717) is 29.9 Å².